The molecule has 16 heavy (non-hydrogen) atoms. The fourth-order valence-electron chi connectivity index (χ4n) is 2.11. The highest BCUT2D eigenvalue weighted by Crippen LogP contribution is 2.32. The zero-order chi connectivity index (χ0) is 11.7. The molecule has 0 aromatic carbocycles. The summed E-state index contributed by atoms with van der Waals surface area (Å²) in [6, 6.07) is 2.21. The van der Waals surface area contributed by atoms with Crippen LogP contribution in [0.3, 0.4) is 0 Å². The predicted octanol–water partition coefficient (Wildman–Crippen LogP) is 1.50. The van der Waals surface area contributed by atoms with Crippen LogP contribution in [-0.2, 0) is 13.6 Å². The Morgan fingerprint density at radius 3 is 2.69 bits per heavy atom. The lowest BCUT2D eigenvalue weighted by molar-refractivity contribution is 0.148. The lowest BCUT2D eigenvalue weighted by atomic mass is 10.2. The smallest absolute Gasteiger partial charge is 0.0692 e. The van der Waals surface area contributed by atoms with E-state index < -0.39 is 0 Å². The van der Waals surface area contributed by atoms with E-state index in [4.69, 9.17) is 0 Å². The first kappa shape index (κ1) is 11.7. The SMILES string of the molecule is Cc1cc(CNCC(O)C2CC2)c(C)n1C. The van der Waals surface area contributed by atoms with E-state index in [0.717, 1.165) is 13.1 Å². The van der Waals surface area contributed by atoms with Crippen LogP contribution in [0.2, 0.25) is 0 Å². The number of nitrogens with one attached hydrogen (secondary N) is 1. The van der Waals surface area contributed by atoms with Crippen molar-refractivity contribution in [2.24, 2.45) is 13.0 Å². The lowest BCUT2D eigenvalue weighted by Crippen LogP contribution is -2.27. The molecule has 1 heterocycles. The Kier molecular flexibility index (Phi) is 3.36. The molecule has 2 N–H and O–H groups in total. The molecule has 0 aliphatic heterocycles. The van der Waals surface area contributed by atoms with Gasteiger partial charge in [0.2, 0.25) is 0 Å². The Morgan fingerprint density at radius 2 is 2.19 bits per heavy atom. The second-order valence-corrected chi connectivity index (χ2v) is 4.99. The van der Waals surface area contributed by atoms with Crippen molar-refractivity contribution in [1.29, 1.82) is 0 Å². The van der Waals surface area contributed by atoms with Gasteiger partial charge in [0.25, 0.3) is 0 Å². The standard InChI is InChI=1S/C13H22N2O/c1-9-6-12(10(2)15(9)3)7-14-8-13(16)11-4-5-11/h6,11,13-14,16H,4-5,7-8H2,1-3H3. The number of nitrogens with zero attached hydrogens (tertiary/aromatic N) is 1. The van der Waals surface area contributed by atoms with E-state index in [1.807, 2.05) is 0 Å². The number of aryl methyl sites for hydroxylation is 1. The van der Waals surface area contributed by atoms with Crippen molar-refractivity contribution in [3.63, 3.8) is 0 Å². The highest BCUT2D eigenvalue weighted by Gasteiger charge is 2.29. The molecule has 1 aliphatic carbocycles. The summed E-state index contributed by atoms with van der Waals surface area (Å²) in [4.78, 5) is 0. The largest absolute Gasteiger partial charge is 0.392 e. The van der Waals surface area contributed by atoms with E-state index in [0.29, 0.717) is 5.92 Å². The highest BCUT2D eigenvalue weighted by atomic mass is 16.3. The maximum absolute atomic E-state index is 9.73. The molecule has 1 aliphatic rings. The third kappa shape index (κ3) is 2.47. The Balaban J connectivity index is 1.82. The number of hydrogen-bond donors (Lipinski definition) is 2. The summed E-state index contributed by atoms with van der Waals surface area (Å²) in [7, 11) is 2.09. The third-order valence-corrected chi connectivity index (χ3v) is 3.72. The second kappa shape index (κ2) is 4.60. The van der Waals surface area contributed by atoms with Gasteiger partial charge in [-0.15, -0.1) is 0 Å². The first-order chi connectivity index (χ1) is 7.59. The fraction of sp³-hybridized carbons (Fsp3) is 0.692. The fourth-order valence-corrected chi connectivity index (χ4v) is 2.11. The molecule has 1 fully saturated rings. The van der Waals surface area contributed by atoms with E-state index in [1.54, 1.807) is 0 Å². The van der Waals surface area contributed by atoms with Crippen molar-refractivity contribution >= 4 is 0 Å². The van der Waals surface area contributed by atoms with E-state index in [9.17, 15) is 5.11 Å². The summed E-state index contributed by atoms with van der Waals surface area (Å²) in [6.07, 6.45) is 2.25. The molecule has 0 bridgehead atoms. The van der Waals surface area contributed by atoms with Crippen LogP contribution in [0.15, 0.2) is 6.07 Å². The van der Waals surface area contributed by atoms with Crippen LogP contribution in [0.25, 0.3) is 0 Å². The van der Waals surface area contributed by atoms with Gasteiger partial charge in [-0.1, -0.05) is 0 Å². The van der Waals surface area contributed by atoms with Gasteiger partial charge in [0.15, 0.2) is 0 Å². The van der Waals surface area contributed by atoms with Gasteiger partial charge in [0.1, 0.15) is 0 Å². The summed E-state index contributed by atoms with van der Waals surface area (Å²) in [5, 5.41) is 13.1. The predicted molar refractivity (Wildman–Crippen MR) is 65.3 cm³/mol. The molecule has 90 valence electrons. The summed E-state index contributed by atoms with van der Waals surface area (Å²) in [5.41, 5.74) is 3.94. The number of aromatic nitrogens is 1. The first-order valence-electron chi connectivity index (χ1n) is 6.10. The van der Waals surface area contributed by atoms with Crippen LogP contribution >= 0.6 is 0 Å². The number of aliphatic hydroxyl groups excluding tert-OH is 1. The Bertz CT molecular complexity index is 366. The van der Waals surface area contributed by atoms with Gasteiger partial charge < -0.3 is 15.0 Å². The van der Waals surface area contributed by atoms with Gasteiger partial charge in [0.05, 0.1) is 6.10 Å². The number of aliphatic hydroxyl groups is 1. The molecule has 2 rings (SSSR count). The quantitative estimate of drug-likeness (QED) is 0.792. The van der Waals surface area contributed by atoms with Crippen molar-refractivity contribution in [2.45, 2.75) is 39.3 Å². The average molecular weight is 222 g/mol. The molecule has 1 saturated carbocycles. The third-order valence-electron chi connectivity index (χ3n) is 3.72. The van der Waals surface area contributed by atoms with E-state index in [1.165, 1.54) is 29.8 Å². The highest BCUT2D eigenvalue weighted by molar-refractivity contribution is 5.26. The Morgan fingerprint density at radius 1 is 1.50 bits per heavy atom. The summed E-state index contributed by atoms with van der Waals surface area (Å²) >= 11 is 0. The van der Waals surface area contributed by atoms with Gasteiger partial charge in [-0.05, 0) is 44.2 Å². The van der Waals surface area contributed by atoms with Crippen molar-refractivity contribution in [3.8, 4) is 0 Å². The van der Waals surface area contributed by atoms with E-state index in [-0.39, 0.29) is 6.10 Å². The van der Waals surface area contributed by atoms with Gasteiger partial charge in [-0.25, -0.2) is 0 Å². The maximum atomic E-state index is 9.73. The summed E-state index contributed by atoms with van der Waals surface area (Å²) < 4.78 is 2.20. The number of hydrogen-bond acceptors (Lipinski definition) is 2. The van der Waals surface area contributed by atoms with Crippen LogP contribution in [0.5, 0.6) is 0 Å². The van der Waals surface area contributed by atoms with Crippen molar-refractivity contribution in [3.05, 3.63) is 23.0 Å². The molecular formula is C13H22N2O. The molecule has 1 unspecified atom stereocenters. The van der Waals surface area contributed by atoms with E-state index in [2.05, 4.69) is 36.8 Å². The molecule has 0 spiro atoms. The Labute approximate surface area is 97.5 Å². The number of rotatable bonds is 5. The molecule has 0 amide bonds. The van der Waals surface area contributed by atoms with Crippen LogP contribution in [0, 0.1) is 19.8 Å². The second-order valence-electron chi connectivity index (χ2n) is 4.99. The van der Waals surface area contributed by atoms with Crippen molar-refractivity contribution < 1.29 is 5.11 Å². The lowest BCUT2D eigenvalue weighted by Gasteiger charge is -2.10. The van der Waals surface area contributed by atoms with E-state index >= 15 is 0 Å². The molecule has 3 heteroatoms. The summed E-state index contributed by atoms with van der Waals surface area (Å²) in [6.45, 7) is 5.84. The average Bonchev–Trinajstić information content (AvgIpc) is 3.05. The van der Waals surface area contributed by atoms with Gasteiger partial charge >= 0.3 is 0 Å². The Hall–Kier alpha value is -0.800. The minimum absolute atomic E-state index is 0.148. The van der Waals surface area contributed by atoms with Crippen LogP contribution in [0.4, 0.5) is 0 Å². The molecule has 1 aromatic rings. The molecule has 0 saturated heterocycles. The van der Waals surface area contributed by atoms with Crippen LogP contribution in [-0.4, -0.2) is 22.3 Å². The topological polar surface area (TPSA) is 37.2 Å². The zero-order valence-electron chi connectivity index (χ0n) is 10.5. The first-order valence-corrected chi connectivity index (χ1v) is 6.10. The minimum Gasteiger partial charge on any atom is -0.392 e. The molecule has 1 aromatic heterocycles. The monoisotopic (exact) mass is 222 g/mol. The maximum Gasteiger partial charge on any atom is 0.0692 e. The molecule has 1 atom stereocenters. The van der Waals surface area contributed by atoms with Crippen molar-refractivity contribution in [2.75, 3.05) is 6.54 Å². The molecular weight excluding hydrogens is 200 g/mol. The van der Waals surface area contributed by atoms with Crippen molar-refractivity contribution in [1.82, 2.24) is 9.88 Å². The minimum atomic E-state index is -0.148. The van der Waals surface area contributed by atoms with Gasteiger partial charge in [-0.3, -0.25) is 0 Å². The zero-order valence-corrected chi connectivity index (χ0v) is 10.5. The normalized spacial score (nSPS) is 17.8. The van der Waals surface area contributed by atoms with Crippen LogP contribution < -0.4 is 5.32 Å². The molecule has 3 nitrogen and oxygen atoms in total. The molecule has 0 radical (unpaired) electrons. The van der Waals surface area contributed by atoms with Crippen LogP contribution in [0.1, 0.15) is 29.8 Å². The van der Waals surface area contributed by atoms with Gasteiger partial charge in [0, 0.05) is 31.5 Å². The summed E-state index contributed by atoms with van der Waals surface area (Å²) in [5.74, 6) is 0.561. The van der Waals surface area contributed by atoms with Gasteiger partial charge in [-0.2, -0.15) is 0 Å².